The molecule has 3 nitrogen and oxygen atoms in total. The van der Waals surface area contributed by atoms with Gasteiger partial charge < -0.3 is 11.1 Å². The number of para-hydroxylation sites is 2. The summed E-state index contributed by atoms with van der Waals surface area (Å²) in [7, 11) is 0. The number of rotatable bonds is 3. The van der Waals surface area contributed by atoms with E-state index in [2.05, 4.69) is 22.4 Å². The summed E-state index contributed by atoms with van der Waals surface area (Å²) in [4.78, 5) is 4.68. The maximum Gasteiger partial charge on any atom is 0.124 e. The van der Waals surface area contributed by atoms with E-state index >= 15 is 0 Å². The second-order valence-corrected chi connectivity index (χ2v) is 6.31. The van der Waals surface area contributed by atoms with Gasteiger partial charge in [0.1, 0.15) is 5.01 Å². The third kappa shape index (κ3) is 2.76. The molecule has 0 saturated carbocycles. The topological polar surface area (TPSA) is 50.9 Å². The van der Waals surface area contributed by atoms with Crippen LogP contribution in [0.3, 0.4) is 0 Å². The molecule has 1 aromatic heterocycles. The Hall–Kier alpha value is -2.85. The number of thiazole rings is 1. The lowest BCUT2D eigenvalue weighted by Crippen LogP contribution is -1.96. The molecule has 4 rings (SSSR count). The quantitative estimate of drug-likeness (QED) is 0.505. The van der Waals surface area contributed by atoms with Gasteiger partial charge in [-0.1, -0.05) is 30.3 Å². The fraction of sp³-hybridized carbons (Fsp3) is 0. The highest BCUT2D eigenvalue weighted by Gasteiger charge is 2.08. The number of fused-ring (bicyclic) bond motifs is 1. The lowest BCUT2D eigenvalue weighted by atomic mass is 10.1. The van der Waals surface area contributed by atoms with Crippen molar-refractivity contribution >= 4 is 38.6 Å². The molecule has 23 heavy (non-hydrogen) atoms. The van der Waals surface area contributed by atoms with Crippen molar-refractivity contribution in [3.8, 4) is 10.6 Å². The predicted molar refractivity (Wildman–Crippen MR) is 99.2 cm³/mol. The third-order valence-corrected chi connectivity index (χ3v) is 4.73. The Morgan fingerprint density at radius 2 is 1.65 bits per heavy atom. The maximum atomic E-state index is 6.22. The second kappa shape index (κ2) is 5.74. The SMILES string of the molecule is Nc1cc(-c2nc3ccccc3s2)ccc1Nc1ccccc1. The smallest absolute Gasteiger partial charge is 0.124 e. The number of nitrogens with two attached hydrogens (primary N) is 1. The van der Waals surface area contributed by atoms with Crippen LogP contribution in [0.4, 0.5) is 17.1 Å². The predicted octanol–water partition coefficient (Wildman–Crippen LogP) is 5.29. The number of nitrogens with zero attached hydrogens (tertiary/aromatic N) is 1. The largest absolute Gasteiger partial charge is 0.397 e. The van der Waals surface area contributed by atoms with Crippen LogP contribution >= 0.6 is 11.3 Å². The average Bonchev–Trinajstić information content (AvgIpc) is 3.02. The molecule has 0 fully saturated rings. The van der Waals surface area contributed by atoms with Gasteiger partial charge in [-0.05, 0) is 42.5 Å². The summed E-state index contributed by atoms with van der Waals surface area (Å²) in [6.07, 6.45) is 0. The summed E-state index contributed by atoms with van der Waals surface area (Å²) in [5.74, 6) is 0. The molecule has 0 aliphatic rings. The van der Waals surface area contributed by atoms with Crippen LogP contribution < -0.4 is 11.1 Å². The van der Waals surface area contributed by atoms with Crippen molar-refractivity contribution in [2.24, 2.45) is 0 Å². The van der Waals surface area contributed by atoms with Gasteiger partial charge in [-0.3, -0.25) is 0 Å². The van der Waals surface area contributed by atoms with E-state index in [9.17, 15) is 0 Å². The Labute approximate surface area is 138 Å². The summed E-state index contributed by atoms with van der Waals surface area (Å²) in [5.41, 5.74) is 10.9. The lowest BCUT2D eigenvalue weighted by molar-refractivity contribution is 1.47. The number of nitrogen functional groups attached to an aromatic ring is 1. The Bertz CT molecular complexity index is 928. The molecular formula is C19H15N3S. The summed E-state index contributed by atoms with van der Waals surface area (Å²) >= 11 is 1.68. The van der Waals surface area contributed by atoms with Crippen LogP contribution in [-0.2, 0) is 0 Å². The first-order valence-electron chi connectivity index (χ1n) is 7.37. The fourth-order valence-electron chi connectivity index (χ4n) is 2.48. The Kier molecular flexibility index (Phi) is 3.44. The number of hydrogen-bond acceptors (Lipinski definition) is 4. The van der Waals surface area contributed by atoms with Gasteiger partial charge in [-0.2, -0.15) is 0 Å². The summed E-state index contributed by atoms with van der Waals surface area (Å²) in [6, 6.07) is 24.2. The number of nitrogens with one attached hydrogen (secondary N) is 1. The molecule has 0 aliphatic carbocycles. The average molecular weight is 317 g/mol. The van der Waals surface area contributed by atoms with Crippen LogP contribution in [0.15, 0.2) is 72.8 Å². The van der Waals surface area contributed by atoms with E-state index in [0.717, 1.165) is 27.5 Å². The molecule has 0 radical (unpaired) electrons. The van der Waals surface area contributed by atoms with Gasteiger partial charge in [-0.25, -0.2) is 4.98 Å². The monoisotopic (exact) mass is 317 g/mol. The Morgan fingerprint density at radius 1 is 0.870 bits per heavy atom. The highest BCUT2D eigenvalue weighted by atomic mass is 32.1. The Morgan fingerprint density at radius 3 is 2.43 bits per heavy atom. The molecule has 4 aromatic rings. The first-order valence-corrected chi connectivity index (χ1v) is 8.19. The highest BCUT2D eigenvalue weighted by Crippen LogP contribution is 2.33. The number of hydrogen-bond donors (Lipinski definition) is 2. The molecule has 0 spiro atoms. The zero-order valence-electron chi connectivity index (χ0n) is 12.4. The Balaban J connectivity index is 1.67. The standard InChI is InChI=1S/C19H15N3S/c20-15-12-13(19-22-17-8-4-5-9-18(17)23-19)10-11-16(15)21-14-6-2-1-3-7-14/h1-12,21H,20H2. The van der Waals surface area contributed by atoms with Crippen molar-refractivity contribution in [3.05, 3.63) is 72.8 Å². The first-order chi connectivity index (χ1) is 11.3. The molecule has 0 amide bonds. The molecule has 0 unspecified atom stereocenters. The van der Waals surface area contributed by atoms with Crippen molar-refractivity contribution < 1.29 is 0 Å². The fourth-order valence-corrected chi connectivity index (χ4v) is 3.44. The summed E-state index contributed by atoms with van der Waals surface area (Å²) in [5, 5.41) is 4.33. The van der Waals surface area contributed by atoms with Crippen molar-refractivity contribution in [2.75, 3.05) is 11.1 Å². The molecule has 0 aliphatic heterocycles. The van der Waals surface area contributed by atoms with Gasteiger partial charge in [0, 0.05) is 11.3 Å². The third-order valence-electron chi connectivity index (χ3n) is 3.65. The molecule has 3 aromatic carbocycles. The van der Waals surface area contributed by atoms with Crippen molar-refractivity contribution in [1.29, 1.82) is 0 Å². The van der Waals surface area contributed by atoms with E-state index in [1.54, 1.807) is 11.3 Å². The maximum absolute atomic E-state index is 6.22. The van der Waals surface area contributed by atoms with Gasteiger partial charge in [0.05, 0.1) is 21.6 Å². The second-order valence-electron chi connectivity index (χ2n) is 5.28. The summed E-state index contributed by atoms with van der Waals surface area (Å²) in [6.45, 7) is 0. The van der Waals surface area contributed by atoms with Crippen molar-refractivity contribution in [3.63, 3.8) is 0 Å². The van der Waals surface area contributed by atoms with E-state index in [0.29, 0.717) is 5.69 Å². The van der Waals surface area contributed by atoms with Crippen molar-refractivity contribution in [2.45, 2.75) is 0 Å². The van der Waals surface area contributed by atoms with Crippen molar-refractivity contribution in [1.82, 2.24) is 4.98 Å². The van der Waals surface area contributed by atoms with Crippen LogP contribution in [0.2, 0.25) is 0 Å². The highest BCUT2D eigenvalue weighted by molar-refractivity contribution is 7.21. The van der Waals surface area contributed by atoms with Gasteiger partial charge in [0.2, 0.25) is 0 Å². The molecule has 3 N–H and O–H groups in total. The first kappa shape index (κ1) is 13.8. The molecule has 112 valence electrons. The normalized spacial score (nSPS) is 10.8. The van der Waals surface area contributed by atoms with E-state index in [4.69, 9.17) is 5.73 Å². The van der Waals surface area contributed by atoms with Gasteiger partial charge in [-0.15, -0.1) is 11.3 Å². The summed E-state index contributed by atoms with van der Waals surface area (Å²) < 4.78 is 1.19. The van der Waals surface area contributed by atoms with E-state index in [-0.39, 0.29) is 0 Å². The van der Waals surface area contributed by atoms with Gasteiger partial charge >= 0.3 is 0 Å². The number of aromatic nitrogens is 1. The zero-order valence-corrected chi connectivity index (χ0v) is 13.2. The lowest BCUT2D eigenvalue weighted by Gasteiger charge is -2.10. The molecule has 0 atom stereocenters. The van der Waals surface area contributed by atoms with E-state index < -0.39 is 0 Å². The van der Waals surface area contributed by atoms with Crippen LogP contribution in [0.25, 0.3) is 20.8 Å². The van der Waals surface area contributed by atoms with E-state index in [1.165, 1.54) is 4.70 Å². The molecule has 0 saturated heterocycles. The van der Waals surface area contributed by atoms with Crippen LogP contribution in [0.1, 0.15) is 0 Å². The zero-order chi connectivity index (χ0) is 15.6. The molecule has 0 bridgehead atoms. The minimum Gasteiger partial charge on any atom is -0.397 e. The minimum atomic E-state index is 0.714. The van der Waals surface area contributed by atoms with Gasteiger partial charge in [0.25, 0.3) is 0 Å². The number of anilines is 3. The minimum absolute atomic E-state index is 0.714. The van der Waals surface area contributed by atoms with Gasteiger partial charge in [0.15, 0.2) is 0 Å². The van der Waals surface area contributed by atoms with Crippen LogP contribution in [-0.4, -0.2) is 4.98 Å². The molecule has 1 heterocycles. The van der Waals surface area contributed by atoms with E-state index in [1.807, 2.05) is 60.7 Å². The molecule has 4 heteroatoms. The van der Waals surface area contributed by atoms with Crippen LogP contribution in [0.5, 0.6) is 0 Å². The number of benzene rings is 3. The molecular weight excluding hydrogens is 302 g/mol. The van der Waals surface area contributed by atoms with Crippen LogP contribution in [0, 0.1) is 0 Å².